The molecule has 3 rings (SSSR count). The SMILES string of the molecule is CCN(CC)C(=O)CC1(CC)OC(=O)c2c1cc1n(c2=O)CCC1=O. The molecule has 0 N–H and O–H groups in total. The van der Waals surface area contributed by atoms with Crippen molar-refractivity contribution in [1.82, 2.24) is 9.47 Å². The second-order valence-electron chi connectivity index (χ2n) is 6.43. The number of Topliss-reactive ketones (excluding diaryl/α,β-unsaturated/α-hetero) is 1. The quantitative estimate of drug-likeness (QED) is 0.754. The van der Waals surface area contributed by atoms with E-state index in [4.69, 9.17) is 4.74 Å². The molecule has 0 saturated carbocycles. The van der Waals surface area contributed by atoms with Crippen LogP contribution in [0.3, 0.4) is 0 Å². The summed E-state index contributed by atoms with van der Waals surface area (Å²) >= 11 is 0. The van der Waals surface area contributed by atoms with Crippen LogP contribution in [0.4, 0.5) is 0 Å². The fraction of sp³-hybridized carbons (Fsp3) is 0.556. The predicted molar refractivity (Wildman–Crippen MR) is 89.6 cm³/mol. The van der Waals surface area contributed by atoms with Crippen molar-refractivity contribution in [2.24, 2.45) is 0 Å². The number of esters is 1. The number of ether oxygens (including phenoxy) is 1. The molecule has 7 nitrogen and oxygen atoms in total. The van der Waals surface area contributed by atoms with Crippen LogP contribution in [0.5, 0.6) is 0 Å². The number of aromatic nitrogens is 1. The molecule has 134 valence electrons. The summed E-state index contributed by atoms with van der Waals surface area (Å²) in [5, 5.41) is 0. The number of hydrogen-bond acceptors (Lipinski definition) is 5. The van der Waals surface area contributed by atoms with Crippen molar-refractivity contribution < 1.29 is 19.1 Å². The van der Waals surface area contributed by atoms with Gasteiger partial charge in [-0.15, -0.1) is 0 Å². The van der Waals surface area contributed by atoms with Crippen molar-refractivity contribution >= 4 is 17.7 Å². The van der Waals surface area contributed by atoms with Crippen molar-refractivity contribution in [1.29, 1.82) is 0 Å². The van der Waals surface area contributed by atoms with Gasteiger partial charge in [-0.1, -0.05) is 6.92 Å². The largest absolute Gasteiger partial charge is 0.450 e. The first-order chi connectivity index (χ1) is 11.9. The number of amides is 1. The van der Waals surface area contributed by atoms with Crippen LogP contribution in [0.1, 0.15) is 66.4 Å². The Morgan fingerprint density at radius 3 is 2.52 bits per heavy atom. The van der Waals surface area contributed by atoms with Gasteiger partial charge >= 0.3 is 5.97 Å². The van der Waals surface area contributed by atoms with Crippen LogP contribution >= 0.6 is 0 Å². The summed E-state index contributed by atoms with van der Waals surface area (Å²) < 4.78 is 6.90. The summed E-state index contributed by atoms with van der Waals surface area (Å²) in [5.74, 6) is -0.970. The van der Waals surface area contributed by atoms with E-state index in [1.807, 2.05) is 20.8 Å². The second kappa shape index (κ2) is 6.13. The van der Waals surface area contributed by atoms with Gasteiger partial charge in [0.15, 0.2) is 5.78 Å². The van der Waals surface area contributed by atoms with Gasteiger partial charge in [0.1, 0.15) is 11.2 Å². The van der Waals surface area contributed by atoms with Gasteiger partial charge in [0.25, 0.3) is 5.56 Å². The Labute approximate surface area is 145 Å². The van der Waals surface area contributed by atoms with E-state index in [1.54, 1.807) is 11.0 Å². The van der Waals surface area contributed by atoms with Crippen LogP contribution in [0, 0.1) is 0 Å². The van der Waals surface area contributed by atoms with Crippen LogP contribution in [0.2, 0.25) is 0 Å². The highest BCUT2D eigenvalue weighted by Gasteiger charge is 2.49. The third-order valence-corrected chi connectivity index (χ3v) is 5.26. The van der Waals surface area contributed by atoms with Gasteiger partial charge in [-0.2, -0.15) is 0 Å². The molecule has 1 atom stereocenters. The smallest absolute Gasteiger partial charge is 0.345 e. The summed E-state index contributed by atoms with van der Waals surface area (Å²) in [7, 11) is 0. The lowest BCUT2D eigenvalue weighted by molar-refractivity contribution is -0.136. The van der Waals surface area contributed by atoms with Crippen LogP contribution in [0.25, 0.3) is 0 Å². The summed E-state index contributed by atoms with van der Waals surface area (Å²) in [6.45, 7) is 6.97. The zero-order valence-electron chi connectivity index (χ0n) is 14.8. The molecule has 2 aliphatic rings. The minimum absolute atomic E-state index is 0.0268. The first kappa shape index (κ1) is 17.4. The highest BCUT2D eigenvalue weighted by molar-refractivity contribution is 6.00. The van der Waals surface area contributed by atoms with Gasteiger partial charge in [-0.3, -0.25) is 14.4 Å². The van der Waals surface area contributed by atoms with E-state index in [0.717, 1.165) is 0 Å². The van der Waals surface area contributed by atoms with E-state index in [-0.39, 0.29) is 36.6 Å². The molecule has 0 bridgehead atoms. The third-order valence-electron chi connectivity index (χ3n) is 5.26. The Balaban J connectivity index is 2.12. The number of pyridine rings is 1. The number of hydrogen-bond donors (Lipinski definition) is 0. The summed E-state index contributed by atoms with van der Waals surface area (Å²) in [4.78, 5) is 51.4. The maximum absolute atomic E-state index is 12.7. The summed E-state index contributed by atoms with van der Waals surface area (Å²) in [5.41, 5.74) is -1.02. The Bertz CT molecular complexity index is 821. The van der Waals surface area contributed by atoms with Crippen LogP contribution in [-0.4, -0.2) is 40.2 Å². The topological polar surface area (TPSA) is 85.7 Å². The fourth-order valence-corrected chi connectivity index (χ4v) is 3.73. The van der Waals surface area contributed by atoms with E-state index in [9.17, 15) is 19.2 Å². The lowest BCUT2D eigenvalue weighted by Gasteiger charge is -2.30. The predicted octanol–water partition coefficient (Wildman–Crippen LogP) is 1.47. The van der Waals surface area contributed by atoms with E-state index >= 15 is 0 Å². The molecule has 0 radical (unpaired) electrons. The molecule has 7 heteroatoms. The highest BCUT2D eigenvalue weighted by Crippen LogP contribution is 2.42. The van der Waals surface area contributed by atoms with E-state index < -0.39 is 17.1 Å². The molecule has 2 aliphatic heterocycles. The molecule has 1 amide bonds. The zero-order valence-corrected chi connectivity index (χ0v) is 14.8. The first-order valence-electron chi connectivity index (χ1n) is 8.71. The second-order valence-corrected chi connectivity index (χ2v) is 6.43. The monoisotopic (exact) mass is 346 g/mol. The van der Waals surface area contributed by atoms with Gasteiger partial charge in [-0.25, -0.2) is 4.79 Å². The summed E-state index contributed by atoms with van der Waals surface area (Å²) in [6.07, 6.45) is 0.585. The minimum atomic E-state index is -1.18. The minimum Gasteiger partial charge on any atom is -0.450 e. The number of carbonyl (C=O) groups is 3. The Hall–Kier alpha value is -2.44. The molecule has 0 spiro atoms. The molecule has 1 unspecified atom stereocenters. The molecule has 25 heavy (non-hydrogen) atoms. The lowest BCUT2D eigenvalue weighted by atomic mass is 9.86. The van der Waals surface area contributed by atoms with Gasteiger partial charge in [0.05, 0.1) is 12.1 Å². The number of rotatable bonds is 5. The van der Waals surface area contributed by atoms with Crippen molar-refractivity contribution in [3.05, 3.63) is 33.2 Å². The number of cyclic esters (lactones) is 1. The summed E-state index contributed by atoms with van der Waals surface area (Å²) in [6, 6.07) is 1.58. The maximum Gasteiger partial charge on any atom is 0.345 e. The number of nitrogens with zero attached hydrogens (tertiary/aromatic N) is 2. The number of ketones is 1. The van der Waals surface area contributed by atoms with E-state index in [2.05, 4.69) is 0 Å². The van der Waals surface area contributed by atoms with Gasteiger partial charge in [-0.05, 0) is 26.3 Å². The number of carbonyl (C=O) groups excluding carboxylic acids is 3. The van der Waals surface area contributed by atoms with Crippen LogP contribution in [-0.2, 0) is 21.7 Å². The molecule has 0 aliphatic carbocycles. The van der Waals surface area contributed by atoms with Crippen molar-refractivity contribution in [3.8, 4) is 0 Å². The third kappa shape index (κ3) is 2.49. The Morgan fingerprint density at radius 2 is 1.92 bits per heavy atom. The fourth-order valence-electron chi connectivity index (χ4n) is 3.73. The van der Waals surface area contributed by atoms with Crippen LogP contribution < -0.4 is 5.56 Å². The zero-order chi connectivity index (χ0) is 18.4. The molecule has 3 heterocycles. The molecule has 0 saturated heterocycles. The molecule has 1 aromatic heterocycles. The highest BCUT2D eigenvalue weighted by atomic mass is 16.6. The van der Waals surface area contributed by atoms with Crippen molar-refractivity contribution in [2.75, 3.05) is 13.1 Å². The van der Waals surface area contributed by atoms with Crippen LogP contribution in [0.15, 0.2) is 10.9 Å². The van der Waals surface area contributed by atoms with E-state index in [1.165, 1.54) is 4.57 Å². The molecule has 1 aromatic rings. The van der Waals surface area contributed by atoms with Gasteiger partial charge in [0, 0.05) is 31.6 Å². The Kier molecular flexibility index (Phi) is 4.26. The molecular weight excluding hydrogens is 324 g/mol. The molecular formula is C18H22N2O5. The van der Waals surface area contributed by atoms with E-state index in [0.29, 0.717) is 30.8 Å². The standard InChI is InChI=1S/C18H22N2O5/c1-4-18(10-14(22)19(5-2)6-3)11-9-12-13(21)7-8-20(12)16(23)15(11)17(24)25-18/h9H,4-8,10H2,1-3H3. The normalized spacial score (nSPS) is 21.1. The Morgan fingerprint density at radius 1 is 1.24 bits per heavy atom. The first-order valence-corrected chi connectivity index (χ1v) is 8.71. The molecule has 0 fully saturated rings. The molecule has 0 aromatic carbocycles. The van der Waals surface area contributed by atoms with Gasteiger partial charge < -0.3 is 14.2 Å². The maximum atomic E-state index is 12.7. The van der Waals surface area contributed by atoms with Gasteiger partial charge in [0.2, 0.25) is 5.91 Å². The van der Waals surface area contributed by atoms with Crippen molar-refractivity contribution in [2.45, 2.75) is 52.2 Å². The van der Waals surface area contributed by atoms with Crippen molar-refractivity contribution in [3.63, 3.8) is 0 Å². The average Bonchev–Trinajstić information content (AvgIpc) is 3.09. The lowest BCUT2D eigenvalue weighted by Crippen LogP contribution is -2.38. The number of fused-ring (bicyclic) bond motifs is 2. The average molecular weight is 346 g/mol.